The summed E-state index contributed by atoms with van der Waals surface area (Å²) in [4.78, 5) is 0. The Morgan fingerprint density at radius 1 is 1.12 bits per heavy atom. The zero-order valence-electron chi connectivity index (χ0n) is 10.7. The van der Waals surface area contributed by atoms with Gasteiger partial charge in [0.05, 0.1) is 0 Å². The van der Waals surface area contributed by atoms with Crippen LogP contribution in [-0.2, 0) is 0 Å². The Morgan fingerprint density at radius 3 is 2.35 bits per heavy atom. The highest BCUT2D eigenvalue weighted by Crippen LogP contribution is 2.33. The Hall–Kier alpha value is -1.75. The van der Waals surface area contributed by atoms with E-state index in [1.54, 1.807) is 0 Å². The smallest absolute Gasteiger partial charge is 0.208 e. The molecule has 0 amide bonds. The van der Waals surface area contributed by atoms with Crippen LogP contribution in [0.4, 0.5) is 0 Å². The highest BCUT2D eigenvalue weighted by molar-refractivity contribution is 5.84. The summed E-state index contributed by atoms with van der Waals surface area (Å²) in [6.45, 7) is 8.52. The lowest BCUT2D eigenvalue weighted by molar-refractivity contribution is 0.589. The lowest BCUT2D eigenvalue weighted by Crippen LogP contribution is -1.90. The van der Waals surface area contributed by atoms with E-state index in [0.717, 1.165) is 16.5 Å². The van der Waals surface area contributed by atoms with Crippen molar-refractivity contribution < 1.29 is 4.42 Å². The van der Waals surface area contributed by atoms with Crippen LogP contribution in [0.2, 0.25) is 0 Å². The van der Waals surface area contributed by atoms with Crippen molar-refractivity contribution in [1.82, 2.24) is 0 Å². The van der Waals surface area contributed by atoms with Gasteiger partial charge in [-0.25, -0.2) is 0 Å². The van der Waals surface area contributed by atoms with E-state index in [1.165, 1.54) is 5.56 Å². The van der Waals surface area contributed by atoms with E-state index in [4.69, 9.17) is 9.68 Å². The van der Waals surface area contributed by atoms with Crippen molar-refractivity contribution >= 4 is 11.0 Å². The first kappa shape index (κ1) is 11.7. The van der Waals surface area contributed by atoms with Gasteiger partial charge in [0.25, 0.3) is 0 Å². The van der Waals surface area contributed by atoms with Gasteiger partial charge in [0, 0.05) is 10.9 Å². The van der Waals surface area contributed by atoms with Gasteiger partial charge in [-0.1, -0.05) is 33.8 Å². The van der Waals surface area contributed by atoms with Crippen molar-refractivity contribution in [1.29, 1.82) is 5.26 Å². The number of nitriles is 1. The fraction of sp³-hybridized carbons (Fsp3) is 0.400. The number of hydrogen-bond acceptors (Lipinski definition) is 2. The van der Waals surface area contributed by atoms with Crippen LogP contribution in [-0.4, -0.2) is 0 Å². The normalized spacial score (nSPS) is 11.4. The van der Waals surface area contributed by atoms with Gasteiger partial charge >= 0.3 is 0 Å². The average molecular weight is 227 g/mol. The van der Waals surface area contributed by atoms with Crippen LogP contribution < -0.4 is 0 Å². The first-order valence-corrected chi connectivity index (χ1v) is 6.01. The Labute approximate surface area is 102 Å². The summed E-state index contributed by atoms with van der Waals surface area (Å²) in [7, 11) is 0. The largest absolute Gasteiger partial charge is 0.445 e. The summed E-state index contributed by atoms with van der Waals surface area (Å²) < 4.78 is 5.58. The zero-order valence-corrected chi connectivity index (χ0v) is 10.7. The summed E-state index contributed by atoms with van der Waals surface area (Å²) in [6.07, 6.45) is 0. The van der Waals surface area contributed by atoms with Crippen LogP contribution in [0.5, 0.6) is 0 Å². The van der Waals surface area contributed by atoms with Crippen LogP contribution in [0.15, 0.2) is 22.6 Å². The topological polar surface area (TPSA) is 36.9 Å². The Balaban J connectivity index is 2.75. The highest BCUT2D eigenvalue weighted by Gasteiger charge is 2.17. The van der Waals surface area contributed by atoms with Gasteiger partial charge in [0.1, 0.15) is 11.7 Å². The molecular weight excluding hydrogens is 210 g/mol. The van der Waals surface area contributed by atoms with Gasteiger partial charge < -0.3 is 4.42 Å². The molecule has 2 rings (SSSR count). The molecule has 0 spiro atoms. The van der Waals surface area contributed by atoms with E-state index >= 15 is 0 Å². The first-order chi connectivity index (χ1) is 8.04. The maximum atomic E-state index is 9.10. The van der Waals surface area contributed by atoms with Crippen molar-refractivity contribution in [3.63, 3.8) is 0 Å². The molecule has 88 valence electrons. The molecule has 0 fully saturated rings. The summed E-state index contributed by atoms with van der Waals surface area (Å²) in [6, 6.07) is 8.34. The molecule has 0 radical (unpaired) electrons. The SMILES string of the molecule is CC(C)c1ccc2oc(C#N)c(C(C)C)c2c1. The molecule has 0 aliphatic rings. The molecule has 0 unspecified atom stereocenters. The second-order valence-electron chi connectivity index (χ2n) is 5.02. The van der Waals surface area contributed by atoms with Crippen molar-refractivity contribution in [3.05, 3.63) is 35.1 Å². The van der Waals surface area contributed by atoms with Gasteiger partial charge in [-0.05, 0) is 29.5 Å². The number of hydrogen-bond donors (Lipinski definition) is 0. The monoisotopic (exact) mass is 227 g/mol. The van der Waals surface area contributed by atoms with Gasteiger partial charge in [-0.2, -0.15) is 5.26 Å². The third-order valence-electron chi connectivity index (χ3n) is 3.10. The second kappa shape index (κ2) is 4.25. The molecule has 1 heterocycles. The maximum absolute atomic E-state index is 9.10. The minimum atomic E-state index is 0.299. The molecule has 2 aromatic rings. The molecular formula is C15H17NO. The Bertz CT molecular complexity index is 585. The molecule has 0 aliphatic heterocycles. The molecule has 2 heteroatoms. The van der Waals surface area contributed by atoms with Crippen molar-refractivity contribution in [2.24, 2.45) is 0 Å². The zero-order chi connectivity index (χ0) is 12.6. The predicted octanol–water partition coefficient (Wildman–Crippen LogP) is 4.55. The second-order valence-corrected chi connectivity index (χ2v) is 5.02. The number of benzene rings is 1. The molecule has 0 saturated carbocycles. The number of furan rings is 1. The molecule has 0 N–H and O–H groups in total. The Morgan fingerprint density at radius 2 is 1.82 bits per heavy atom. The van der Waals surface area contributed by atoms with Crippen LogP contribution in [0.1, 0.15) is 56.4 Å². The molecule has 0 aliphatic carbocycles. The van der Waals surface area contributed by atoms with Crippen LogP contribution >= 0.6 is 0 Å². The molecule has 0 atom stereocenters. The molecule has 0 saturated heterocycles. The molecule has 1 aromatic carbocycles. The van der Waals surface area contributed by atoms with Crippen LogP contribution in [0, 0.1) is 11.3 Å². The predicted molar refractivity (Wildman–Crippen MR) is 69.1 cm³/mol. The highest BCUT2D eigenvalue weighted by atomic mass is 16.3. The van der Waals surface area contributed by atoms with Crippen LogP contribution in [0.25, 0.3) is 11.0 Å². The van der Waals surface area contributed by atoms with Gasteiger partial charge in [0.2, 0.25) is 5.76 Å². The summed E-state index contributed by atoms with van der Waals surface area (Å²) >= 11 is 0. The lowest BCUT2D eigenvalue weighted by atomic mass is 9.96. The van der Waals surface area contributed by atoms with E-state index in [9.17, 15) is 0 Å². The minimum absolute atomic E-state index is 0.299. The van der Waals surface area contributed by atoms with Gasteiger partial charge in [0.15, 0.2) is 0 Å². The third-order valence-corrected chi connectivity index (χ3v) is 3.10. The van der Waals surface area contributed by atoms with Crippen molar-refractivity contribution in [2.45, 2.75) is 39.5 Å². The lowest BCUT2D eigenvalue weighted by Gasteiger charge is -2.06. The van der Waals surface area contributed by atoms with Crippen LogP contribution in [0.3, 0.4) is 0 Å². The molecule has 17 heavy (non-hydrogen) atoms. The standard InChI is InChI=1S/C15H17NO/c1-9(2)11-5-6-13-12(7-11)15(10(3)4)14(8-16)17-13/h5-7,9-10H,1-4H3. The van der Waals surface area contributed by atoms with E-state index in [1.807, 2.05) is 6.07 Å². The summed E-state index contributed by atoms with van der Waals surface area (Å²) in [5.74, 6) is 1.24. The minimum Gasteiger partial charge on any atom is -0.445 e. The van der Waals surface area contributed by atoms with E-state index in [0.29, 0.717) is 17.6 Å². The van der Waals surface area contributed by atoms with Crippen molar-refractivity contribution in [3.8, 4) is 6.07 Å². The molecule has 2 nitrogen and oxygen atoms in total. The van der Waals surface area contributed by atoms with Gasteiger partial charge in [-0.3, -0.25) is 0 Å². The van der Waals surface area contributed by atoms with Gasteiger partial charge in [-0.15, -0.1) is 0 Å². The number of rotatable bonds is 2. The van der Waals surface area contributed by atoms with Crippen molar-refractivity contribution in [2.75, 3.05) is 0 Å². The molecule has 0 bridgehead atoms. The van der Waals surface area contributed by atoms with E-state index < -0.39 is 0 Å². The Kier molecular flexibility index (Phi) is 2.93. The molecule has 1 aromatic heterocycles. The van der Waals surface area contributed by atoms with E-state index in [2.05, 4.69) is 45.9 Å². The number of nitrogens with zero attached hydrogens (tertiary/aromatic N) is 1. The third kappa shape index (κ3) is 1.93. The average Bonchev–Trinajstić information content (AvgIpc) is 2.65. The summed E-state index contributed by atoms with van der Waals surface area (Å²) in [5.41, 5.74) is 3.13. The maximum Gasteiger partial charge on any atom is 0.208 e. The quantitative estimate of drug-likeness (QED) is 0.754. The van der Waals surface area contributed by atoms with E-state index in [-0.39, 0.29) is 0 Å². The fourth-order valence-electron chi connectivity index (χ4n) is 2.15. The number of fused-ring (bicyclic) bond motifs is 1. The summed E-state index contributed by atoms with van der Waals surface area (Å²) in [5, 5.41) is 10.2. The first-order valence-electron chi connectivity index (χ1n) is 6.01. The fourth-order valence-corrected chi connectivity index (χ4v) is 2.15.